The first-order chi connectivity index (χ1) is 10.3. The molecule has 1 aromatic heterocycles. The number of benzene rings is 1. The normalized spacial score (nSPS) is 26.2. The van der Waals surface area contributed by atoms with Crippen LogP contribution in [0.5, 0.6) is 0 Å². The summed E-state index contributed by atoms with van der Waals surface area (Å²) in [6.07, 6.45) is 8.33. The quantitative estimate of drug-likeness (QED) is 0.847. The van der Waals surface area contributed by atoms with Crippen LogP contribution in [0.25, 0.3) is 11.3 Å². The van der Waals surface area contributed by atoms with Crippen LogP contribution < -0.4 is 5.32 Å². The summed E-state index contributed by atoms with van der Waals surface area (Å²) in [5, 5.41) is 9.96. The number of nitrogens with one attached hydrogen (secondary N) is 2. The second kappa shape index (κ2) is 4.88. The number of carbonyl (C=O) groups excluding carboxylic acids is 1. The number of H-pyrrole nitrogens is 1. The number of fused-ring (bicyclic) bond motifs is 2. The van der Waals surface area contributed by atoms with Gasteiger partial charge in [0, 0.05) is 23.4 Å². The molecule has 1 amide bonds. The maximum Gasteiger partial charge on any atom is 0.228 e. The lowest BCUT2D eigenvalue weighted by Crippen LogP contribution is -2.25. The van der Waals surface area contributed by atoms with Crippen molar-refractivity contribution in [2.24, 2.45) is 17.8 Å². The van der Waals surface area contributed by atoms with Gasteiger partial charge in [0.2, 0.25) is 5.91 Å². The van der Waals surface area contributed by atoms with Gasteiger partial charge in [-0.15, -0.1) is 0 Å². The maximum absolute atomic E-state index is 12.4. The van der Waals surface area contributed by atoms with Crippen LogP contribution in [0.15, 0.2) is 48.7 Å². The molecule has 0 spiro atoms. The summed E-state index contributed by atoms with van der Waals surface area (Å²) in [5.41, 5.74) is 2.82. The van der Waals surface area contributed by atoms with Crippen LogP contribution in [0.4, 0.5) is 5.69 Å². The van der Waals surface area contributed by atoms with Crippen molar-refractivity contribution in [3.8, 4) is 11.3 Å². The van der Waals surface area contributed by atoms with Gasteiger partial charge in [-0.25, -0.2) is 0 Å². The third kappa shape index (κ3) is 2.27. The molecule has 0 radical (unpaired) electrons. The van der Waals surface area contributed by atoms with Crippen molar-refractivity contribution in [1.82, 2.24) is 10.2 Å². The third-order valence-electron chi connectivity index (χ3n) is 4.56. The van der Waals surface area contributed by atoms with Crippen molar-refractivity contribution in [2.75, 3.05) is 5.32 Å². The number of amides is 1. The van der Waals surface area contributed by atoms with Gasteiger partial charge in [0.05, 0.1) is 5.69 Å². The SMILES string of the molecule is O=C(Nc1cccc(-c2ccn[nH]2)c1)C1CC2C=CC1C2. The van der Waals surface area contributed by atoms with Crippen LogP contribution in [0.1, 0.15) is 12.8 Å². The van der Waals surface area contributed by atoms with Crippen LogP contribution >= 0.6 is 0 Å². The highest BCUT2D eigenvalue weighted by atomic mass is 16.1. The number of rotatable bonds is 3. The molecule has 2 aliphatic carbocycles. The average molecular weight is 279 g/mol. The van der Waals surface area contributed by atoms with E-state index in [4.69, 9.17) is 0 Å². The Hall–Kier alpha value is -2.36. The smallest absolute Gasteiger partial charge is 0.228 e. The van der Waals surface area contributed by atoms with Gasteiger partial charge in [0.1, 0.15) is 0 Å². The zero-order chi connectivity index (χ0) is 14.2. The van der Waals surface area contributed by atoms with E-state index in [0.29, 0.717) is 11.8 Å². The topological polar surface area (TPSA) is 57.8 Å². The Morgan fingerprint density at radius 1 is 1.24 bits per heavy atom. The molecule has 21 heavy (non-hydrogen) atoms. The highest BCUT2D eigenvalue weighted by Crippen LogP contribution is 2.43. The number of anilines is 1. The molecule has 2 aliphatic rings. The third-order valence-corrected chi connectivity index (χ3v) is 4.56. The van der Waals surface area contributed by atoms with E-state index < -0.39 is 0 Å². The summed E-state index contributed by atoms with van der Waals surface area (Å²) < 4.78 is 0. The Balaban J connectivity index is 1.51. The fourth-order valence-corrected chi connectivity index (χ4v) is 3.50. The molecule has 3 atom stereocenters. The van der Waals surface area contributed by atoms with E-state index in [9.17, 15) is 4.79 Å². The van der Waals surface area contributed by atoms with Gasteiger partial charge in [-0.1, -0.05) is 24.3 Å². The first kappa shape index (κ1) is 12.4. The standard InChI is InChI=1S/C17H17N3O/c21-17(15-9-11-4-5-12(15)8-11)19-14-3-1-2-13(10-14)16-6-7-18-20-16/h1-7,10-12,15H,8-9H2,(H,18,20)(H,19,21). The van der Waals surface area contributed by atoms with Crippen LogP contribution in [0.3, 0.4) is 0 Å². The number of aromatic amines is 1. The number of nitrogens with zero attached hydrogens (tertiary/aromatic N) is 1. The lowest BCUT2D eigenvalue weighted by Gasteiger charge is -2.17. The van der Waals surface area contributed by atoms with Crippen molar-refractivity contribution < 1.29 is 4.79 Å². The Labute approximate surface area is 123 Å². The predicted octanol–water partition coefficient (Wildman–Crippen LogP) is 3.23. The van der Waals surface area contributed by atoms with Crippen molar-refractivity contribution in [3.63, 3.8) is 0 Å². The van der Waals surface area contributed by atoms with Gasteiger partial charge >= 0.3 is 0 Å². The predicted molar refractivity (Wildman–Crippen MR) is 81.5 cm³/mol. The Kier molecular flexibility index (Phi) is 2.88. The summed E-state index contributed by atoms with van der Waals surface area (Å²) in [6.45, 7) is 0. The first-order valence-electron chi connectivity index (χ1n) is 7.38. The fourth-order valence-electron chi connectivity index (χ4n) is 3.50. The van der Waals surface area contributed by atoms with E-state index in [-0.39, 0.29) is 11.8 Å². The molecule has 0 aliphatic heterocycles. The number of hydrogen-bond acceptors (Lipinski definition) is 2. The van der Waals surface area contributed by atoms with Crippen molar-refractivity contribution in [3.05, 3.63) is 48.7 Å². The molecule has 4 heteroatoms. The Bertz CT molecular complexity index is 690. The molecule has 1 fully saturated rings. The summed E-state index contributed by atoms with van der Waals surface area (Å²) in [7, 11) is 0. The summed E-state index contributed by atoms with van der Waals surface area (Å²) >= 11 is 0. The molecule has 2 N–H and O–H groups in total. The van der Waals surface area contributed by atoms with Gasteiger partial charge in [-0.3, -0.25) is 9.89 Å². The molecular weight excluding hydrogens is 262 g/mol. The minimum atomic E-state index is 0.135. The number of hydrogen-bond donors (Lipinski definition) is 2. The van der Waals surface area contributed by atoms with Gasteiger partial charge in [-0.05, 0) is 42.9 Å². The Morgan fingerprint density at radius 2 is 2.19 bits per heavy atom. The molecule has 3 unspecified atom stereocenters. The zero-order valence-corrected chi connectivity index (χ0v) is 11.6. The Morgan fingerprint density at radius 3 is 2.90 bits per heavy atom. The molecule has 2 aromatic rings. The second-order valence-corrected chi connectivity index (χ2v) is 5.93. The minimum absolute atomic E-state index is 0.135. The maximum atomic E-state index is 12.4. The first-order valence-corrected chi connectivity index (χ1v) is 7.38. The second-order valence-electron chi connectivity index (χ2n) is 5.93. The van der Waals surface area contributed by atoms with E-state index >= 15 is 0 Å². The molecule has 1 aromatic carbocycles. The molecule has 4 nitrogen and oxygen atoms in total. The summed E-state index contributed by atoms with van der Waals surface area (Å²) in [4.78, 5) is 12.4. The van der Waals surface area contributed by atoms with Gasteiger partial charge in [0.25, 0.3) is 0 Å². The largest absolute Gasteiger partial charge is 0.326 e. The minimum Gasteiger partial charge on any atom is -0.326 e. The average Bonchev–Trinajstić information content (AvgIpc) is 3.24. The van der Waals surface area contributed by atoms with E-state index in [1.807, 2.05) is 30.3 Å². The van der Waals surface area contributed by atoms with Crippen molar-refractivity contribution in [1.29, 1.82) is 0 Å². The summed E-state index contributed by atoms with van der Waals surface area (Å²) in [6, 6.07) is 9.78. The van der Waals surface area contributed by atoms with Crippen LogP contribution in [-0.2, 0) is 4.79 Å². The number of aromatic nitrogens is 2. The van der Waals surface area contributed by atoms with E-state index in [0.717, 1.165) is 29.8 Å². The van der Waals surface area contributed by atoms with Crippen LogP contribution in [0.2, 0.25) is 0 Å². The zero-order valence-electron chi connectivity index (χ0n) is 11.6. The van der Waals surface area contributed by atoms with Crippen LogP contribution in [-0.4, -0.2) is 16.1 Å². The van der Waals surface area contributed by atoms with Crippen molar-refractivity contribution in [2.45, 2.75) is 12.8 Å². The van der Waals surface area contributed by atoms with Gasteiger partial charge < -0.3 is 5.32 Å². The lowest BCUT2D eigenvalue weighted by molar-refractivity contribution is -0.120. The van der Waals surface area contributed by atoms with Crippen molar-refractivity contribution >= 4 is 11.6 Å². The molecule has 4 rings (SSSR count). The monoisotopic (exact) mass is 279 g/mol. The molecular formula is C17H17N3O. The van der Waals surface area contributed by atoms with Gasteiger partial charge in [-0.2, -0.15) is 5.10 Å². The van der Waals surface area contributed by atoms with Crippen LogP contribution in [0, 0.1) is 17.8 Å². The molecule has 2 bridgehead atoms. The fraction of sp³-hybridized carbons (Fsp3) is 0.294. The van der Waals surface area contributed by atoms with E-state index in [1.165, 1.54) is 0 Å². The molecule has 1 heterocycles. The highest BCUT2D eigenvalue weighted by Gasteiger charge is 2.39. The molecule has 1 saturated carbocycles. The molecule has 0 saturated heterocycles. The highest BCUT2D eigenvalue weighted by molar-refractivity contribution is 5.93. The number of carbonyl (C=O) groups is 1. The number of allylic oxidation sites excluding steroid dienone is 2. The lowest BCUT2D eigenvalue weighted by atomic mass is 9.93. The van der Waals surface area contributed by atoms with Gasteiger partial charge in [0.15, 0.2) is 0 Å². The van der Waals surface area contributed by atoms with E-state index in [1.54, 1.807) is 6.20 Å². The molecule has 106 valence electrons. The van der Waals surface area contributed by atoms with E-state index in [2.05, 4.69) is 27.7 Å². The summed E-state index contributed by atoms with van der Waals surface area (Å²) in [5.74, 6) is 1.33.